The van der Waals surface area contributed by atoms with Crippen LogP contribution in [0.3, 0.4) is 0 Å². The summed E-state index contributed by atoms with van der Waals surface area (Å²) in [7, 11) is 0. The molecular weight excluding hydrogens is 248 g/mol. The van der Waals surface area contributed by atoms with E-state index in [1.807, 2.05) is 49.4 Å². The zero-order valence-corrected chi connectivity index (χ0v) is 11.1. The van der Waals surface area contributed by atoms with Gasteiger partial charge in [-0.3, -0.25) is 4.98 Å². The molecule has 2 aromatic heterocycles. The molecule has 0 amide bonds. The van der Waals surface area contributed by atoms with Gasteiger partial charge in [-0.15, -0.1) is 0 Å². The maximum Gasteiger partial charge on any atom is 0.160 e. The van der Waals surface area contributed by atoms with Gasteiger partial charge >= 0.3 is 0 Å². The third-order valence-corrected chi connectivity index (χ3v) is 2.98. The number of anilines is 1. The Bertz CT molecular complexity index is 721. The van der Waals surface area contributed by atoms with Crippen LogP contribution >= 0.6 is 0 Å². The van der Waals surface area contributed by atoms with E-state index in [1.165, 1.54) is 0 Å². The lowest BCUT2D eigenvalue weighted by Crippen LogP contribution is -1.95. The third kappa shape index (κ3) is 2.49. The molecule has 3 rings (SSSR count). The van der Waals surface area contributed by atoms with E-state index in [0.717, 1.165) is 28.2 Å². The highest BCUT2D eigenvalue weighted by molar-refractivity contribution is 5.64. The van der Waals surface area contributed by atoms with E-state index in [4.69, 9.17) is 5.73 Å². The van der Waals surface area contributed by atoms with Crippen molar-refractivity contribution >= 4 is 5.69 Å². The normalized spacial score (nSPS) is 10.4. The molecule has 4 nitrogen and oxygen atoms in total. The maximum atomic E-state index is 5.71. The molecule has 4 heteroatoms. The van der Waals surface area contributed by atoms with Gasteiger partial charge < -0.3 is 5.73 Å². The van der Waals surface area contributed by atoms with E-state index in [2.05, 4.69) is 15.0 Å². The van der Waals surface area contributed by atoms with E-state index in [9.17, 15) is 0 Å². The molecule has 0 saturated carbocycles. The highest BCUT2D eigenvalue weighted by Gasteiger charge is 2.06. The molecule has 0 aliphatic heterocycles. The van der Waals surface area contributed by atoms with Crippen LogP contribution in [0.15, 0.2) is 54.9 Å². The van der Waals surface area contributed by atoms with Crippen molar-refractivity contribution in [2.45, 2.75) is 6.92 Å². The summed E-state index contributed by atoms with van der Waals surface area (Å²) >= 11 is 0. The fraction of sp³-hybridized carbons (Fsp3) is 0.0625. The summed E-state index contributed by atoms with van der Waals surface area (Å²) in [5.74, 6) is 0.698. The number of nitrogens with zero attached hydrogens (tertiary/aromatic N) is 3. The molecule has 2 heterocycles. The van der Waals surface area contributed by atoms with Crippen molar-refractivity contribution in [1.82, 2.24) is 15.0 Å². The van der Waals surface area contributed by atoms with Gasteiger partial charge in [0.2, 0.25) is 0 Å². The van der Waals surface area contributed by atoms with Gasteiger partial charge in [0.1, 0.15) is 0 Å². The Morgan fingerprint density at radius 1 is 0.950 bits per heavy atom. The highest BCUT2D eigenvalue weighted by atomic mass is 14.9. The number of aromatic nitrogens is 3. The number of pyridine rings is 1. The first kappa shape index (κ1) is 12.3. The number of nitrogens with two attached hydrogens (primary N) is 1. The van der Waals surface area contributed by atoms with Gasteiger partial charge in [0.25, 0.3) is 0 Å². The van der Waals surface area contributed by atoms with Gasteiger partial charge in [-0.25, -0.2) is 9.97 Å². The van der Waals surface area contributed by atoms with Crippen molar-refractivity contribution in [3.8, 4) is 22.6 Å². The number of benzene rings is 1. The minimum Gasteiger partial charge on any atom is -0.399 e. The van der Waals surface area contributed by atoms with Crippen LogP contribution in [0.5, 0.6) is 0 Å². The van der Waals surface area contributed by atoms with Gasteiger partial charge in [-0.05, 0) is 49.4 Å². The van der Waals surface area contributed by atoms with Crippen molar-refractivity contribution in [3.63, 3.8) is 0 Å². The molecule has 0 bridgehead atoms. The minimum absolute atomic E-state index is 0.698. The fourth-order valence-electron chi connectivity index (χ4n) is 1.99. The SMILES string of the molecule is Cc1cc(-c2cccnc2)nc(-c2ccc(N)cc2)n1. The molecule has 20 heavy (non-hydrogen) atoms. The Morgan fingerprint density at radius 3 is 2.45 bits per heavy atom. The summed E-state index contributed by atoms with van der Waals surface area (Å²) in [4.78, 5) is 13.2. The van der Waals surface area contributed by atoms with Crippen LogP contribution in [-0.4, -0.2) is 15.0 Å². The first-order chi connectivity index (χ1) is 9.72. The lowest BCUT2D eigenvalue weighted by molar-refractivity contribution is 1.11. The van der Waals surface area contributed by atoms with Gasteiger partial charge in [0, 0.05) is 34.9 Å². The van der Waals surface area contributed by atoms with Crippen molar-refractivity contribution in [1.29, 1.82) is 0 Å². The topological polar surface area (TPSA) is 64.7 Å². The minimum atomic E-state index is 0.698. The molecule has 0 radical (unpaired) electrons. The lowest BCUT2D eigenvalue weighted by Gasteiger charge is -2.06. The Hall–Kier alpha value is -2.75. The zero-order chi connectivity index (χ0) is 13.9. The molecule has 0 atom stereocenters. The van der Waals surface area contributed by atoms with Crippen LogP contribution in [0.1, 0.15) is 5.69 Å². The van der Waals surface area contributed by atoms with Crippen LogP contribution < -0.4 is 5.73 Å². The maximum absolute atomic E-state index is 5.71. The number of rotatable bonds is 2. The first-order valence-electron chi connectivity index (χ1n) is 6.34. The molecule has 0 spiro atoms. The molecule has 0 fully saturated rings. The van der Waals surface area contributed by atoms with E-state index in [1.54, 1.807) is 12.4 Å². The predicted molar refractivity (Wildman–Crippen MR) is 79.8 cm³/mol. The van der Waals surface area contributed by atoms with Gasteiger partial charge in [0.05, 0.1) is 5.69 Å². The van der Waals surface area contributed by atoms with Crippen LogP contribution in [0.2, 0.25) is 0 Å². The number of aryl methyl sites for hydroxylation is 1. The van der Waals surface area contributed by atoms with Crippen LogP contribution in [0.4, 0.5) is 5.69 Å². The molecule has 2 N–H and O–H groups in total. The zero-order valence-electron chi connectivity index (χ0n) is 11.1. The Kier molecular flexibility index (Phi) is 3.13. The van der Waals surface area contributed by atoms with Gasteiger partial charge in [-0.1, -0.05) is 0 Å². The Labute approximate surface area is 117 Å². The highest BCUT2D eigenvalue weighted by Crippen LogP contribution is 2.22. The monoisotopic (exact) mass is 262 g/mol. The van der Waals surface area contributed by atoms with E-state index in [-0.39, 0.29) is 0 Å². The molecule has 1 aromatic carbocycles. The summed E-state index contributed by atoms with van der Waals surface area (Å²) < 4.78 is 0. The Balaban J connectivity index is 2.09. The standard InChI is InChI=1S/C16H14N4/c1-11-9-15(13-3-2-8-18-10-13)20-16(19-11)12-4-6-14(17)7-5-12/h2-10H,17H2,1H3. The fourth-order valence-corrected chi connectivity index (χ4v) is 1.99. The molecule has 0 aliphatic rings. The van der Waals surface area contributed by atoms with Crippen LogP contribution in [0.25, 0.3) is 22.6 Å². The molecule has 0 unspecified atom stereocenters. The summed E-state index contributed by atoms with van der Waals surface area (Å²) in [6, 6.07) is 13.4. The summed E-state index contributed by atoms with van der Waals surface area (Å²) in [6.07, 6.45) is 3.55. The van der Waals surface area contributed by atoms with Crippen molar-refractivity contribution in [3.05, 3.63) is 60.6 Å². The smallest absolute Gasteiger partial charge is 0.160 e. The molecule has 98 valence electrons. The molecule has 0 aliphatic carbocycles. The second kappa shape index (κ2) is 5.09. The van der Waals surface area contributed by atoms with E-state index >= 15 is 0 Å². The average Bonchev–Trinajstić information content (AvgIpc) is 2.48. The summed E-state index contributed by atoms with van der Waals surface area (Å²) in [5.41, 5.74) is 10.2. The van der Waals surface area contributed by atoms with Gasteiger partial charge in [0.15, 0.2) is 5.82 Å². The quantitative estimate of drug-likeness (QED) is 0.721. The third-order valence-electron chi connectivity index (χ3n) is 2.98. The molecular formula is C16H14N4. The predicted octanol–water partition coefficient (Wildman–Crippen LogP) is 3.10. The number of nitrogen functional groups attached to an aromatic ring is 1. The van der Waals surface area contributed by atoms with Crippen LogP contribution in [-0.2, 0) is 0 Å². The average molecular weight is 262 g/mol. The van der Waals surface area contributed by atoms with Crippen molar-refractivity contribution in [2.24, 2.45) is 0 Å². The number of hydrogen-bond donors (Lipinski definition) is 1. The van der Waals surface area contributed by atoms with Crippen LogP contribution in [0, 0.1) is 6.92 Å². The van der Waals surface area contributed by atoms with Crippen molar-refractivity contribution in [2.75, 3.05) is 5.73 Å². The lowest BCUT2D eigenvalue weighted by atomic mass is 10.1. The molecule has 0 saturated heterocycles. The largest absolute Gasteiger partial charge is 0.399 e. The Morgan fingerprint density at radius 2 is 1.75 bits per heavy atom. The summed E-state index contributed by atoms with van der Waals surface area (Å²) in [6.45, 7) is 1.96. The van der Waals surface area contributed by atoms with Crippen molar-refractivity contribution < 1.29 is 0 Å². The van der Waals surface area contributed by atoms with E-state index in [0.29, 0.717) is 5.82 Å². The van der Waals surface area contributed by atoms with E-state index < -0.39 is 0 Å². The number of hydrogen-bond acceptors (Lipinski definition) is 4. The van der Waals surface area contributed by atoms with Gasteiger partial charge in [-0.2, -0.15) is 0 Å². The second-order valence-corrected chi connectivity index (χ2v) is 4.58. The first-order valence-corrected chi connectivity index (χ1v) is 6.34. The molecule has 3 aromatic rings. The summed E-state index contributed by atoms with van der Waals surface area (Å²) in [5, 5.41) is 0. The second-order valence-electron chi connectivity index (χ2n) is 4.58.